The van der Waals surface area contributed by atoms with Crippen LogP contribution >= 0.6 is 11.6 Å². The van der Waals surface area contributed by atoms with Gasteiger partial charge in [0, 0.05) is 28.4 Å². The molecule has 31 heavy (non-hydrogen) atoms. The average Bonchev–Trinajstić information content (AvgIpc) is 3.48. The number of halogens is 3. The minimum atomic E-state index is -2.92. The van der Waals surface area contributed by atoms with Gasteiger partial charge in [0.1, 0.15) is 0 Å². The number of hydrogen-bond acceptors (Lipinski definition) is 4. The van der Waals surface area contributed by atoms with Gasteiger partial charge < -0.3 is 9.47 Å². The number of fused-ring (bicyclic) bond motifs is 1. The van der Waals surface area contributed by atoms with Crippen LogP contribution in [-0.2, 0) is 0 Å². The zero-order valence-corrected chi connectivity index (χ0v) is 17.1. The molecule has 2 heterocycles. The van der Waals surface area contributed by atoms with Crippen molar-refractivity contribution in [3.05, 3.63) is 65.8 Å². The molecular weight excluding hydrogens is 424 g/mol. The second-order valence-corrected chi connectivity index (χ2v) is 7.87. The van der Waals surface area contributed by atoms with Gasteiger partial charge in [0.2, 0.25) is 0 Å². The van der Waals surface area contributed by atoms with E-state index in [9.17, 15) is 8.78 Å². The summed E-state index contributed by atoms with van der Waals surface area (Å²) in [5, 5.41) is 5.31. The highest BCUT2D eigenvalue weighted by Gasteiger charge is 2.23. The van der Waals surface area contributed by atoms with Crippen molar-refractivity contribution in [1.82, 2.24) is 14.6 Å². The summed E-state index contributed by atoms with van der Waals surface area (Å²) in [4.78, 5) is 4.40. The molecular formula is C23H18ClF2N3O2. The van der Waals surface area contributed by atoms with Crippen LogP contribution in [0.4, 0.5) is 8.78 Å². The van der Waals surface area contributed by atoms with Crippen molar-refractivity contribution in [2.24, 2.45) is 5.92 Å². The largest absolute Gasteiger partial charge is 0.489 e. The molecule has 8 heteroatoms. The fourth-order valence-electron chi connectivity index (χ4n) is 3.37. The molecule has 1 aliphatic rings. The Labute approximate surface area is 182 Å². The molecule has 0 aliphatic heterocycles. The maximum Gasteiger partial charge on any atom is 0.387 e. The summed E-state index contributed by atoms with van der Waals surface area (Å²) in [7, 11) is 0. The Kier molecular flexibility index (Phi) is 5.19. The number of alkyl halides is 2. The van der Waals surface area contributed by atoms with E-state index in [1.54, 1.807) is 28.9 Å². The summed E-state index contributed by atoms with van der Waals surface area (Å²) in [5.74, 6) is 0.781. The van der Waals surface area contributed by atoms with Crippen LogP contribution in [0.25, 0.3) is 28.2 Å². The highest BCUT2D eigenvalue weighted by atomic mass is 35.5. The molecule has 0 spiro atoms. The van der Waals surface area contributed by atoms with Crippen LogP contribution < -0.4 is 9.47 Å². The Morgan fingerprint density at radius 3 is 2.68 bits per heavy atom. The fraction of sp³-hybridized carbons (Fsp3) is 0.217. The van der Waals surface area contributed by atoms with Crippen LogP contribution in [0.5, 0.6) is 11.5 Å². The van der Waals surface area contributed by atoms with Gasteiger partial charge in [-0.15, -0.1) is 0 Å². The molecule has 0 saturated heterocycles. The van der Waals surface area contributed by atoms with Gasteiger partial charge in [-0.2, -0.15) is 13.9 Å². The third-order valence-electron chi connectivity index (χ3n) is 5.11. The van der Waals surface area contributed by atoms with E-state index in [1.807, 2.05) is 30.3 Å². The zero-order valence-electron chi connectivity index (χ0n) is 16.3. The van der Waals surface area contributed by atoms with Crippen molar-refractivity contribution in [3.63, 3.8) is 0 Å². The lowest BCUT2D eigenvalue weighted by Crippen LogP contribution is -2.06. The molecule has 5 rings (SSSR count). The molecule has 2 aromatic heterocycles. The predicted molar refractivity (Wildman–Crippen MR) is 114 cm³/mol. The lowest BCUT2D eigenvalue weighted by molar-refractivity contribution is -0.0515. The molecule has 0 amide bonds. The molecule has 158 valence electrons. The number of hydrogen-bond donors (Lipinski definition) is 0. The quantitative estimate of drug-likeness (QED) is 0.347. The lowest BCUT2D eigenvalue weighted by atomic mass is 10.1. The Morgan fingerprint density at radius 2 is 1.90 bits per heavy atom. The second kappa shape index (κ2) is 8.15. The van der Waals surface area contributed by atoms with Gasteiger partial charge in [0.15, 0.2) is 17.1 Å². The molecule has 0 unspecified atom stereocenters. The number of rotatable bonds is 7. The van der Waals surface area contributed by atoms with Gasteiger partial charge in [-0.3, -0.25) is 0 Å². The van der Waals surface area contributed by atoms with E-state index in [2.05, 4.69) is 14.8 Å². The maximum absolute atomic E-state index is 12.8. The van der Waals surface area contributed by atoms with E-state index in [-0.39, 0.29) is 11.5 Å². The predicted octanol–water partition coefficient (Wildman–Crippen LogP) is 6.11. The summed E-state index contributed by atoms with van der Waals surface area (Å²) in [5.41, 5.74) is 3.75. The van der Waals surface area contributed by atoms with Crippen molar-refractivity contribution in [3.8, 4) is 34.0 Å². The molecule has 5 nitrogen and oxygen atoms in total. The van der Waals surface area contributed by atoms with Crippen molar-refractivity contribution in [1.29, 1.82) is 0 Å². The van der Waals surface area contributed by atoms with Gasteiger partial charge in [-0.25, -0.2) is 9.50 Å². The molecule has 4 aromatic rings. The Morgan fingerprint density at radius 1 is 1.03 bits per heavy atom. The minimum Gasteiger partial charge on any atom is -0.489 e. The van der Waals surface area contributed by atoms with Crippen molar-refractivity contribution in [2.45, 2.75) is 19.5 Å². The zero-order chi connectivity index (χ0) is 21.4. The van der Waals surface area contributed by atoms with Crippen molar-refractivity contribution in [2.75, 3.05) is 6.61 Å². The number of benzene rings is 2. The first kappa shape index (κ1) is 19.8. The van der Waals surface area contributed by atoms with E-state index in [4.69, 9.17) is 16.3 Å². The van der Waals surface area contributed by atoms with E-state index in [0.717, 1.165) is 35.4 Å². The SMILES string of the molecule is FC(F)Oc1ccc(-c2ccnc3cc(-c4cccc(Cl)c4)nn23)cc1OCC1CC1. The molecule has 1 fully saturated rings. The van der Waals surface area contributed by atoms with Gasteiger partial charge in [-0.05, 0) is 55.2 Å². The molecule has 0 atom stereocenters. The Bertz CT molecular complexity index is 1240. The third-order valence-corrected chi connectivity index (χ3v) is 5.34. The Hall–Kier alpha value is -3.19. The number of aromatic nitrogens is 3. The number of nitrogens with zero attached hydrogens (tertiary/aromatic N) is 3. The maximum atomic E-state index is 12.8. The smallest absolute Gasteiger partial charge is 0.387 e. The van der Waals surface area contributed by atoms with Gasteiger partial charge >= 0.3 is 6.61 Å². The molecule has 0 bridgehead atoms. The summed E-state index contributed by atoms with van der Waals surface area (Å²) < 4.78 is 37.8. The summed E-state index contributed by atoms with van der Waals surface area (Å²) in [6, 6.07) is 16.0. The Balaban J connectivity index is 1.55. The van der Waals surface area contributed by atoms with E-state index >= 15 is 0 Å². The van der Waals surface area contributed by atoms with E-state index < -0.39 is 6.61 Å². The summed E-state index contributed by atoms with van der Waals surface area (Å²) in [6.45, 7) is -2.44. The first-order valence-corrected chi connectivity index (χ1v) is 10.3. The van der Waals surface area contributed by atoms with Crippen LogP contribution in [0, 0.1) is 5.92 Å². The summed E-state index contributed by atoms with van der Waals surface area (Å²) >= 11 is 6.12. The first-order chi connectivity index (χ1) is 15.1. The van der Waals surface area contributed by atoms with Crippen LogP contribution in [0.2, 0.25) is 5.02 Å². The second-order valence-electron chi connectivity index (χ2n) is 7.43. The summed E-state index contributed by atoms with van der Waals surface area (Å²) in [6.07, 6.45) is 3.87. The standard InChI is InChI=1S/C23H18ClF2N3O2/c24-17-3-1-2-15(10-17)18-12-22-27-9-8-19(29(22)28-18)16-6-7-20(31-23(25)26)21(11-16)30-13-14-4-5-14/h1-3,6-12,14,23H,4-5,13H2. The van der Waals surface area contributed by atoms with E-state index in [1.165, 1.54) is 6.07 Å². The third kappa shape index (κ3) is 4.32. The molecule has 2 aromatic carbocycles. The van der Waals surface area contributed by atoms with Gasteiger partial charge in [0.05, 0.1) is 18.0 Å². The van der Waals surface area contributed by atoms with Crippen LogP contribution in [0.1, 0.15) is 12.8 Å². The highest BCUT2D eigenvalue weighted by Crippen LogP contribution is 2.36. The lowest BCUT2D eigenvalue weighted by Gasteiger charge is -2.14. The van der Waals surface area contributed by atoms with Crippen LogP contribution in [0.15, 0.2) is 60.8 Å². The molecule has 1 saturated carbocycles. The number of ether oxygens (including phenoxy) is 2. The molecule has 1 aliphatic carbocycles. The molecule has 0 N–H and O–H groups in total. The minimum absolute atomic E-state index is 0.0183. The highest BCUT2D eigenvalue weighted by molar-refractivity contribution is 6.30. The van der Waals surface area contributed by atoms with Crippen LogP contribution in [0.3, 0.4) is 0 Å². The van der Waals surface area contributed by atoms with Crippen LogP contribution in [-0.4, -0.2) is 27.8 Å². The monoisotopic (exact) mass is 441 g/mol. The fourth-order valence-corrected chi connectivity index (χ4v) is 3.56. The van der Waals surface area contributed by atoms with Gasteiger partial charge in [0.25, 0.3) is 0 Å². The van der Waals surface area contributed by atoms with Crippen molar-refractivity contribution >= 4 is 17.2 Å². The van der Waals surface area contributed by atoms with E-state index in [0.29, 0.717) is 23.2 Å². The first-order valence-electron chi connectivity index (χ1n) is 9.89. The van der Waals surface area contributed by atoms with Crippen molar-refractivity contribution < 1.29 is 18.3 Å². The topological polar surface area (TPSA) is 48.7 Å². The normalized spacial score (nSPS) is 13.7. The average molecular weight is 442 g/mol. The molecule has 0 radical (unpaired) electrons. The van der Waals surface area contributed by atoms with Gasteiger partial charge in [-0.1, -0.05) is 23.7 Å².